The van der Waals surface area contributed by atoms with Crippen LogP contribution in [0.4, 0.5) is 0 Å². The summed E-state index contributed by atoms with van der Waals surface area (Å²) in [6.45, 7) is 7.45. The van der Waals surface area contributed by atoms with E-state index in [1.54, 1.807) is 0 Å². The van der Waals surface area contributed by atoms with Crippen LogP contribution < -0.4 is 5.32 Å². The van der Waals surface area contributed by atoms with Crippen molar-refractivity contribution < 1.29 is 9.47 Å². The number of ether oxygens (including phenoxy) is 2. The Labute approximate surface area is 116 Å². The average molecular weight is 263 g/mol. The maximum atomic E-state index is 5.81. The molecule has 1 fully saturated rings. The van der Waals surface area contributed by atoms with Crippen molar-refractivity contribution in [1.82, 2.24) is 5.32 Å². The number of hydrogen-bond donors (Lipinski definition) is 1. The van der Waals surface area contributed by atoms with Gasteiger partial charge in [0.05, 0.1) is 13.2 Å². The van der Waals surface area contributed by atoms with Crippen molar-refractivity contribution in [1.29, 1.82) is 0 Å². The summed E-state index contributed by atoms with van der Waals surface area (Å²) in [5.74, 6) is 0.682. The largest absolute Gasteiger partial charge is 0.381 e. The molecule has 3 nitrogen and oxygen atoms in total. The highest BCUT2D eigenvalue weighted by molar-refractivity contribution is 5.21. The molecule has 0 unspecified atom stereocenters. The lowest BCUT2D eigenvalue weighted by atomic mass is 10.0. The molecule has 0 aromatic heterocycles. The molecule has 0 atom stereocenters. The van der Waals surface area contributed by atoms with Crippen molar-refractivity contribution >= 4 is 0 Å². The molecule has 2 rings (SSSR count). The lowest BCUT2D eigenvalue weighted by Crippen LogP contribution is -2.20. The molecule has 1 aliphatic rings. The molecule has 106 valence electrons. The first kappa shape index (κ1) is 14.5. The zero-order chi connectivity index (χ0) is 13.3. The second-order valence-electron chi connectivity index (χ2n) is 5.17. The molecular formula is C16H25NO2. The van der Waals surface area contributed by atoms with Crippen molar-refractivity contribution in [3.8, 4) is 0 Å². The van der Waals surface area contributed by atoms with Gasteiger partial charge in [-0.2, -0.15) is 0 Å². The maximum Gasteiger partial charge on any atom is 0.0717 e. The Bertz CT molecular complexity index is 344. The number of nitrogens with one attached hydrogen (secondary N) is 1. The van der Waals surface area contributed by atoms with Gasteiger partial charge in [0.2, 0.25) is 0 Å². The zero-order valence-corrected chi connectivity index (χ0v) is 11.9. The standard InChI is InChI=1S/C16H25NO2/c1-2-17-11-14-3-5-15(6-4-14)12-19-13-16-7-9-18-10-8-16/h3-6,16-17H,2,7-13H2,1H3. The van der Waals surface area contributed by atoms with Crippen LogP contribution in [0.3, 0.4) is 0 Å². The minimum atomic E-state index is 0.682. The topological polar surface area (TPSA) is 30.5 Å². The van der Waals surface area contributed by atoms with E-state index < -0.39 is 0 Å². The van der Waals surface area contributed by atoms with Gasteiger partial charge in [0, 0.05) is 19.8 Å². The molecule has 19 heavy (non-hydrogen) atoms. The van der Waals surface area contributed by atoms with Gasteiger partial charge >= 0.3 is 0 Å². The van der Waals surface area contributed by atoms with Crippen LogP contribution in [0.5, 0.6) is 0 Å². The first-order valence-corrected chi connectivity index (χ1v) is 7.32. The van der Waals surface area contributed by atoms with Crippen LogP contribution in [0.2, 0.25) is 0 Å². The fourth-order valence-corrected chi connectivity index (χ4v) is 2.28. The molecule has 3 heteroatoms. The molecule has 1 aliphatic heterocycles. The molecule has 1 aromatic rings. The van der Waals surface area contributed by atoms with Crippen LogP contribution in [0.15, 0.2) is 24.3 Å². The lowest BCUT2D eigenvalue weighted by molar-refractivity contribution is 0.0157. The van der Waals surface area contributed by atoms with Crippen LogP contribution in [-0.4, -0.2) is 26.4 Å². The van der Waals surface area contributed by atoms with E-state index in [2.05, 4.69) is 36.5 Å². The third-order valence-corrected chi connectivity index (χ3v) is 3.57. The Morgan fingerprint density at radius 2 is 1.84 bits per heavy atom. The zero-order valence-electron chi connectivity index (χ0n) is 11.9. The molecule has 0 aliphatic carbocycles. The van der Waals surface area contributed by atoms with Gasteiger partial charge < -0.3 is 14.8 Å². The summed E-state index contributed by atoms with van der Waals surface area (Å²) < 4.78 is 11.2. The maximum absolute atomic E-state index is 5.81. The van der Waals surface area contributed by atoms with Crippen molar-refractivity contribution in [2.45, 2.75) is 32.9 Å². The smallest absolute Gasteiger partial charge is 0.0717 e. The SMILES string of the molecule is CCNCc1ccc(COCC2CCOCC2)cc1. The molecule has 1 saturated heterocycles. The van der Waals surface area contributed by atoms with Gasteiger partial charge in [-0.3, -0.25) is 0 Å². The number of rotatable bonds is 7. The molecule has 1 heterocycles. The first-order chi connectivity index (χ1) is 9.38. The van der Waals surface area contributed by atoms with Crippen LogP contribution in [-0.2, 0) is 22.6 Å². The predicted octanol–water partition coefficient (Wildman–Crippen LogP) is 2.74. The van der Waals surface area contributed by atoms with E-state index in [4.69, 9.17) is 9.47 Å². The third-order valence-electron chi connectivity index (χ3n) is 3.57. The predicted molar refractivity (Wildman–Crippen MR) is 77.0 cm³/mol. The Balaban J connectivity index is 1.67. The van der Waals surface area contributed by atoms with Gasteiger partial charge in [0.25, 0.3) is 0 Å². The van der Waals surface area contributed by atoms with Gasteiger partial charge in [-0.15, -0.1) is 0 Å². The molecule has 0 spiro atoms. The van der Waals surface area contributed by atoms with E-state index in [-0.39, 0.29) is 0 Å². The van der Waals surface area contributed by atoms with Crippen molar-refractivity contribution in [3.05, 3.63) is 35.4 Å². The Morgan fingerprint density at radius 1 is 1.16 bits per heavy atom. The molecule has 0 saturated carbocycles. The monoisotopic (exact) mass is 263 g/mol. The van der Waals surface area contributed by atoms with Crippen molar-refractivity contribution in [3.63, 3.8) is 0 Å². The number of hydrogen-bond acceptors (Lipinski definition) is 3. The summed E-state index contributed by atoms with van der Waals surface area (Å²) >= 11 is 0. The fourth-order valence-electron chi connectivity index (χ4n) is 2.28. The van der Waals surface area contributed by atoms with Crippen LogP contribution in [0, 0.1) is 5.92 Å². The minimum absolute atomic E-state index is 0.682. The van der Waals surface area contributed by atoms with E-state index in [0.29, 0.717) is 5.92 Å². The molecule has 0 amide bonds. The number of benzene rings is 1. The highest BCUT2D eigenvalue weighted by Gasteiger charge is 2.13. The highest BCUT2D eigenvalue weighted by atomic mass is 16.5. The van der Waals surface area contributed by atoms with Crippen molar-refractivity contribution in [2.75, 3.05) is 26.4 Å². The van der Waals surface area contributed by atoms with E-state index in [0.717, 1.165) is 52.4 Å². The van der Waals surface area contributed by atoms with Crippen molar-refractivity contribution in [2.24, 2.45) is 5.92 Å². The van der Waals surface area contributed by atoms with E-state index in [1.807, 2.05) is 0 Å². The highest BCUT2D eigenvalue weighted by Crippen LogP contribution is 2.15. The van der Waals surface area contributed by atoms with Gasteiger partial charge in [0.1, 0.15) is 0 Å². The third kappa shape index (κ3) is 5.31. The van der Waals surface area contributed by atoms with Crippen LogP contribution in [0.25, 0.3) is 0 Å². The van der Waals surface area contributed by atoms with Crippen LogP contribution in [0.1, 0.15) is 30.9 Å². The second-order valence-corrected chi connectivity index (χ2v) is 5.17. The summed E-state index contributed by atoms with van der Waals surface area (Å²) in [6, 6.07) is 8.68. The Kier molecular flexibility index (Phi) is 6.34. The first-order valence-electron chi connectivity index (χ1n) is 7.32. The van der Waals surface area contributed by atoms with Gasteiger partial charge in [-0.05, 0) is 36.4 Å². The Hall–Kier alpha value is -0.900. The molecule has 0 bridgehead atoms. The fraction of sp³-hybridized carbons (Fsp3) is 0.625. The summed E-state index contributed by atoms with van der Waals surface area (Å²) in [5.41, 5.74) is 2.59. The lowest BCUT2D eigenvalue weighted by Gasteiger charge is -2.21. The van der Waals surface area contributed by atoms with E-state index in [1.165, 1.54) is 11.1 Å². The summed E-state index contributed by atoms with van der Waals surface area (Å²) in [7, 11) is 0. The van der Waals surface area contributed by atoms with E-state index in [9.17, 15) is 0 Å². The van der Waals surface area contributed by atoms with Crippen LogP contribution >= 0.6 is 0 Å². The van der Waals surface area contributed by atoms with Gasteiger partial charge in [-0.25, -0.2) is 0 Å². The second kappa shape index (κ2) is 8.31. The summed E-state index contributed by atoms with van der Waals surface area (Å²) in [4.78, 5) is 0. The summed E-state index contributed by atoms with van der Waals surface area (Å²) in [5, 5.41) is 3.33. The molecule has 0 radical (unpaired) electrons. The average Bonchev–Trinajstić information content (AvgIpc) is 2.47. The quantitative estimate of drug-likeness (QED) is 0.820. The normalized spacial score (nSPS) is 16.7. The Morgan fingerprint density at radius 3 is 2.53 bits per heavy atom. The van der Waals surface area contributed by atoms with E-state index >= 15 is 0 Å². The minimum Gasteiger partial charge on any atom is -0.381 e. The molecule has 1 aromatic carbocycles. The molecule has 1 N–H and O–H groups in total. The summed E-state index contributed by atoms with van der Waals surface area (Å²) in [6.07, 6.45) is 2.28. The van der Waals surface area contributed by atoms with Gasteiger partial charge in [0.15, 0.2) is 0 Å². The molecular weight excluding hydrogens is 238 g/mol. The van der Waals surface area contributed by atoms with Gasteiger partial charge in [-0.1, -0.05) is 31.2 Å².